The van der Waals surface area contributed by atoms with E-state index >= 15 is 0 Å². The average molecular weight is 739 g/mol. The number of fused-ring (bicyclic) bond motifs is 8. The zero-order chi connectivity index (χ0) is 38.4. The first-order valence-electron chi connectivity index (χ1n) is 19.5. The Balaban J connectivity index is 0.968. The standard InChI is InChI=1S/C54H34N4/c1-2-12-35(13-3-1)36-25-31-41(32-26-36)54-57-49(34-50(58-54)48-20-10-11-33-55-48)39-27-21-37(22-28-39)38-23-29-40(30-24-38)53-52-45-17-7-5-15-43(45)42-14-4-6-16-44(42)51(52)46-18-8-9-19-47(46)56-53/h1-34H. The van der Waals surface area contributed by atoms with E-state index in [4.69, 9.17) is 15.0 Å². The zero-order valence-corrected chi connectivity index (χ0v) is 31.4. The first-order valence-corrected chi connectivity index (χ1v) is 19.5. The number of benzene rings is 8. The van der Waals surface area contributed by atoms with Gasteiger partial charge in [-0.25, -0.2) is 15.0 Å². The summed E-state index contributed by atoms with van der Waals surface area (Å²) < 4.78 is 0. The summed E-state index contributed by atoms with van der Waals surface area (Å²) in [7, 11) is 0. The van der Waals surface area contributed by atoms with E-state index in [1.54, 1.807) is 6.20 Å². The Hall–Kier alpha value is -7.82. The SMILES string of the molecule is c1ccc(-c2ccc(-c3nc(-c4ccc(-c5ccc(-c6nc7ccccc7c7c8ccccc8c8ccccc8c67)cc5)cc4)cc(-c4ccccn4)n3)cc2)cc1. The van der Waals surface area contributed by atoms with E-state index in [9.17, 15) is 0 Å². The molecule has 3 aromatic heterocycles. The van der Waals surface area contributed by atoms with Crippen molar-refractivity contribution < 1.29 is 0 Å². The van der Waals surface area contributed by atoms with Gasteiger partial charge in [-0.3, -0.25) is 4.98 Å². The molecule has 0 N–H and O–H groups in total. The maximum atomic E-state index is 5.34. The molecule has 0 aliphatic carbocycles. The van der Waals surface area contributed by atoms with Crippen LogP contribution in [0.3, 0.4) is 0 Å². The van der Waals surface area contributed by atoms with Gasteiger partial charge in [0, 0.05) is 39.0 Å². The minimum atomic E-state index is 0.660. The minimum absolute atomic E-state index is 0.660. The summed E-state index contributed by atoms with van der Waals surface area (Å²) in [5.41, 5.74) is 12.0. The normalized spacial score (nSPS) is 11.4. The van der Waals surface area contributed by atoms with Gasteiger partial charge in [0.05, 0.1) is 28.3 Å². The molecule has 0 radical (unpaired) electrons. The Bertz CT molecular complexity index is 3290. The van der Waals surface area contributed by atoms with Gasteiger partial charge in [0.15, 0.2) is 5.82 Å². The highest BCUT2D eigenvalue weighted by molar-refractivity contribution is 6.33. The molecule has 0 saturated heterocycles. The van der Waals surface area contributed by atoms with Crippen LogP contribution in [0.2, 0.25) is 0 Å². The van der Waals surface area contributed by atoms with Gasteiger partial charge in [-0.05, 0) is 68.1 Å². The van der Waals surface area contributed by atoms with Gasteiger partial charge in [0.2, 0.25) is 0 Å². The van der Waals surface area contributed by atoms with Crippen molar-refractivity contribution >= 4 is 43.2 Å². The third-order valence-corrected chi connectivity index (χ3v) is 11.2. The number of hydrogen-bond donors (Lipinski definition) is 0. The predicted molar refractivity (Wildman–Crippen MR) is 240 cm³/mol. The number of aromatic nitrogens is 4. The number of rotatable bonds is 6. The van der Waals surface area contributed by atoms with Crippen LogP contribution in [0.1, 0.15) is 0 Å². The molecule has 270 valence electrons. The number of para-hydroxylation sites is 1. The van der Waals surface area contributed by atoms with Crippen molar-refractivity contribution in [1.82, 2.24) is 19.9 Å². The second-order valence-electron chi connectivity index (χ2n) is 14.6. The van der Waals surface area contributed by atoms with E-state index in [2.05, 4.69) is 175 Å². The Kier molecular flexibility index (Phi) is 8.11. The lowest BCUT2D eigenvalue weighted by molar-refractivity contribution is 1.16. The summed E-state index contributed by atoms with van der Waals surface area (Å²) in [4.78, 5) is 20.0. The molecule has 8 aromatic carbocycles. The monoisotopic (exact) mass is 738 g/mol. The Labute approximate surface area is 335 Å². The third-order valence-electron chi connectivity index (χ3n) is 11.2. The molecule has 58 heavy (non-hydrogen) atoms. The molecule has 0 unspecified atom stereocenters. The predicted octanol–water partition coefficient (Wildman–Crippen LogP) is 13.9. The average Bonchev–Trinajstić information content (AvgIpc) is 3.32. The molecular formula is C54H34N4. The molecule has 0 fully saturated rings. The molecular weight excluding hydrogens is 705 g/mol. The van der Waals surface area contributed by atoms with Crippen LogP contribution in [0.5, 0.6) is 0 Å². The maximum absolute atomic E-state index is 5.34. The van der Waals surface area contributed by atoms with Gasteiger partial charge >= 0.3 is 0 Å². The first-order chi connectivity index (χ1) is 28.7. The molecule has 0 aliphatic heterocycles. The molecule has 0 saturated carbocycles. The number of hydrogen-bond acceptors (Lipinski definition) is 4. The van der Waals surface area contributed by atoms with Crippen molar-refractivity contribution in [2.45, 2.75) is 0 Å². The molecule has 3 heterocycles. The zero-order valence-electron chi connectivity index (χ0n) is 31.4. The largest absolute Gasteiger partial charge is 0.255 e. The van der Waals surface area contributed by atoms with Crippen LogP contribution in [0.25, 0.3) is 111 Å². The molecule has 0 atom stereocenters. The summed E-state index contributed by atoms with van der Waals surface area (Å²) in [6.45, 7) is 0. The van der Waals surface area contributed by atoms with Gasteiger partial charge in [-0.15, -0.1) is 0 Å². The molecule has 4 nitrogen and oxygen atoms in total. The molecule has 4 heteroatoms. The summed E-state index contributed by atoms with van der Waals surface area (Å²) in [6.07, 6.45) is 1.80. The molecule has 0 aliphatic rings. The highest BCUT2D eigenvalue weighted by Crippen LogP contribution is 2.43. The number of pyridine rings is 2. The molecule has 0 amide bonds. The maximum Gasteiger partial charge on any atom is 0.160 e. The van der Waals surface area contributed by atoms with E-state index in [1.807, 2.05) is 30.3 Å². The first kappa shape index (κ1) is 33.5. The van der Waals surface area contributed by atoms with Crippen LogP contribution in [0.4, 0.5) is 0 Å². The van der Waals surface area contributed by atoms with E-state index in [-0.39, 0.29) is 0 Å². The van der Waals surface area contributed by atoms with E-state index in [1.165, 1.54) is 43.3 Å². The fourth-order valence-corrected chi connectivity index (χ4v) is 8.30. The van der Waals surface area contributed by atoms with Crippen molar-refractivity contribution in [2.75, 3.05) is 0 Å². The third kappa shape index (κ3) is 5.87. The fourth-order valence-electron chi connectivity index (χ4n) is 8.30. The van der Waals surface area contributed by atoms with Crippen molar-refractivity contribution in [2.24, 2.45) is 0 Å². The molecule has 11 aromatic rings. The van der Waals surface area contributed by atoms with Crippen molar-refractivity contribution in [3.8, 4) is 67.5 Å². The van der Waals surface area contributed by atoms with Crippen LogP contribution in [0.15, 0.2) is 206 Å². The van der Waals surface area contributed by atoms with Gasteiger partial charge in [-0.2, -0.15) is 0 Å². The summed E-state index contributed by atoms with van der Waals surface area (Å²) in [5, 5.41) is 8.57. The van der Waals surface area contributed by atoms with Gasteiger partial charge in [0.1, 0.15) is 0 Å². The van der Waals surface area contributed by atoms with Crippen LogP contribution >= 0.6 is 0 Å². The van der Waals surface area contributed by atoms with Crippen molar-refractivity contribution in [1.29, 1.82) is 0 Å². The summed E-state index contributed by atoms with van der Waals surface area (Å²) >= 11 is 0. The van der Waals surface area contributed by atoms with E-state index < -0.39 is 0 Å². The van der Waals surface area contributed by atoms with Gasteiger partial charge in [-0.1, -0.05) is 176 Å². The quantitative estimate of drug-likeness (QED) is 0.159. The highest BCUT2D eigenvalue weighted by Gasteiger charge is 2.18. The van der Waals surface area contributed by atoms with E-state index in [0.717, 1.165) is 61.7 Å². The molecule has 0 bridgehead atoms. The lowest BCUT2D eigenvalue weighted by Crippen LogP contribution is -1.97. The van der Waals surface area contributed by atoms with Gasteiger partial charge in [0.25, 0.3) is 0 Å². The number of nitrogens with zero attached hydrogens (tertiary/aromatic N) is 4. The summed E-state index contributed by atoms with van der Waals surface area (Å²) in [6, 6.07) is 70.2. The topological polar surface area (TPSA) is 51.6 Å². The van der Waals surface area contributed by atoms with E-state index in [0.29, 0.717) is 5.82 Å². The Morgan fingerprint density at radius 3 is 1.40 bits per heavy atom. The minimum Gasteiger partial charge on any atom is -0.255 e. The molecule has 0 spiro atoms. The van der Waals surface area contributed by atoms with Crippen LogP contribution in [-0.2, 0) is 0 Å². The van der Waals surface area contributed by atoms with Crippen LogP contribution < -0.4 is 0 Å². The second-order valence-corrected chi connectivity index (χ2v) is 14.6. The Morgan fingerprint density at radius 1 is 0.276 bits per heavy atom. The highest BCUT2D eigenvalue weighted by atomic mass is 14.9. The van der Waals surface area contributed by atoms with Crippen LogP contribution in [0, 0.1) is 0 Å². The Morgan fingerprint density at radius 2 is 0.759 bits per heavy atom. The van der Waals surface area contributed by atoms with Gasteiger partial charge < -0.3 is 0 Å². The van der Waals surface area contributed by atoms with Crippen molar-refractivity contribution in [3.63, 3.8) is 0 Å². The summed E-state index contributed by atoms with van der Waals surface area (Å²) in [5.74, 6) is 0.660. The van der Waals surface area contributed by atoms with Crippen LogP contribution in [-0.4, -0.2) is 19.9 Å². The van der Waals surface area contributed by atoms with Crippen molar-refractivity contribution in [3.05, 3.63) is 206 Å². The second kappa shape index (κ2) is 14.0. The lowest BCUT2D eigenvalue weighted by Gasteiger charge is -2.16. The lowest BCUT2D eigenvalue weighted by atomic mass is 9.89. The fraction of sp³-hybridized carbons (Fsp3) is 0. The molecule has 11 rings (SSSR count). The smallest absolute Gasteiger partial charge is 0.160 e.